The van der Waals surface area contributed by atoms with Gasteiger partial charge >= 0.3 is 0 Å². The van der Waals surface area contributed by atoms with E-state index >= 15 is 0 Å². The van der Waals surface area contributed by atoms with E-state index in [0.717, 1.165) is 28.9 Å². The van der Waals surface area contributed by atoms with Gasteiger partial charge in [0.25, 0.3) is 0 Å². The average Bonchev–Trinajstić information content (AvgIpc) is 2.25. The molecule has 0 amide bonds. The molecule has 0 bridgehead atoms. The molecule has 0 fully saturated rings. The van der Waals surface area contributed by atoms with Crippen molar-refractivity contribution in [3.63, 3.8) is 0 Å². The highest BCUT2D eigenvalue weighted by Crippen LogP contribution is 2.23. The maximum Gasteiger partial charge on any atom is 0.119 e. The van der Waals surface area contributed by atoms with Crippen LogP contribution in [0.15, 0.2) is 22.7 Å². The van der Waals surface area contributed by atoms with Gasteiger partial charge in [-0.25, -0.2) is 0 Å². The zero-order valence-electron chi connectivity index (χ0n) is 10.6. The number of nitrogens with one attached hydrogen (secondary N) is 1. The molecule has 17 heavy (non-hydrogen) atoms. The molecule has 0 aromatic heterocycles. The number of halogens is 1. The molecule has 0 radical (unpaired) electrons. The van der Waals surface area contributed by atoms with Crippen LogP contribution in [0, 0.1) is 0 Å². The normalized spacial score (nSPS) is 11.6. The van der Waals surface area contributed by atoms with Crippen LogP contribution in [-0.4, -0.2) is 23.9 Å². The Bertz CT molecular complexity index is 361. The van der Waals surface area contributed by atoms with E-state index in [-0.39, 0.29) is 6.61 Å². The molecule has 0 aliphatic carbocycles. The van der Waals surface area contributed by atoms with Gasteiger partial charge in [-0.1, -0.05) is 22.9 Å². The van der Waals surface area contributed by atoms with Gasteiger partial charge in [-0.3, -0.25) is 0 Å². The Hall–Kier alpha value is -0.580. The molecule has 0 atom stereocenters. The minimum atomic E-state index is -0.811. The van der Waals surface area contributed by atoms with Gasteiger partial charge in [0.15, 0.2) is 0 Å². The van der Waals surface area contributed by atoms with Crippen LogP contribution >= 0.6 is 15.9 Å². The lowest BCUT2D eigenvalue weighted by Crippen LogP contribution is -2.27. The quantitative estimate of drug-likeness (QED) is 0.849. The highest BCUT2D eigenvalue weighted by molar-refractivity contribution is 9.10. The molecule has 96 valence electrons. The largest absolute Gasteiger partial charge is 0.491 e. The van der Waals surface area contributed by atoms with E-state index in [9.17, 15) is 5.11 Å². The molecule has 2 N–H and O–H groups in total. The molecule has 0 aliphatic heterocycles. The SMILES string of the molecule is CCNCc1cc(OCC(C)(C)O)ccc1Br. The van der Waals surface area contributed by atoms with E-state index < -0.39 is 5.60 Å². The Morgan fingerprint density at radius 3 is 2.71 bits per heavy atom. The first-order chi connectivity index (χ1) is 7.92. The minimum absolute atomic E-state index is 0.287. The second-order valence-corrected chi connectivity index (χ2v) is 5.49. The molecule has 0 saturated carbocycles. The van der Waals surface area contributed by atoms with Crippen molar-refractivity contribution in [2.24, 2.45) is 0 Å². The second kappa shape index (κ2) is 6.38. The number of hydrogen-bond acceptors (Lipinski definition) is 3. The molecule has 4 heteroatoms. The van der Waals surface area contributed by atoms with Crippen molar-refractivity contribution in [1.29, 1.82) is 0 Å². The fourth-order valence-corrected chi connectivity index (χ4v) is 1.68. The molecule has 1 rings (SSSR count). The molecule has 0 spiro atoms. The number of rotatable bonds is 6. The van der Waals surface area contributed by atoms with Gasteiger partial charge in [0, 0.05) is 11.0 Å². The summed E-state index contributed by atoms with van der Waals surface area (Å²) in [6, 6.07) is 5.84. The first-order valence-corrected chi connectivity index (χ1v) is 6.56. The molecule has 3 nitrogen and oxygen atoms in total. The number of benzene rings is 1. The lowest BCUT2D eigenvalue weighted by atomic mass is 10.1. The predicted molar refractivity (Wildman–Crippen MR) is 73.3 cm³/mol. The maximum atomic E-state index is 9.60. The number of ether oxygens (including phenoxy) is 1. The second-order valence-electron chi connectivity index (χ2n) is 4.63. The summed E-state index contributed by atoms with van der Waals surface area (Å²) in [6.45, 7) is 7.55. The van der Waals surface area contributed by atoms with E-state index in [4.69, 9.17) is 4.74 Å². The third-order valence-corrected chi connectivity index (χ3v) is 2.95. The van der Waals surface area contributed by atoms with Crippen LogP contribution in [0.2, 0.25) is 0 Å². The van der Waals surface area contributed by atoms with Gasteiger partial charge in [-0.05, 0) is 44.2 Å². The van der Waals surface area contributed by atoms with Crippen LogP contribution in [0.3, 0.4) is 0 Å². The number of hydrogen-bond donors (Lipinski definition) is 2. The standard InChI is InChI=1S/C13H20BrNO2/c1-4-15-8-10-7-11(5-6-12(10)14)17-9-13(2,3)16/h5-7,15-16H,4,8-9H2,1-3H3. The Labute approximate surface area is 111 Å². The summed E-state index contributed by atoms with van der Waals surface area (Å²) in [5, 5.41) is 12.9. The van der Waals surface area contributed by atoms with Crippen LogP contribution in [0.1, 0.15) is 26.3 Å². The summed E-state index contributed by atoms with van der Waals surface area (Å²) in [6.07, 6.45) is 0. The van der Waals surface area contributed by atoms with Crippen LogP contribution in [0.25, 0.3) is 0 Å². The molecule has 0 unspecified atom stereocenters. The topological polar surface area (TPSA) is 41.5 Å². The summed E-state index contributed by atoms with van der Waals surface area (Å²) >= 11 is 3.51. The maximum absolute atomic E-state index is 9.60. The number of aliphatic hydroxyl groups is 1. The van der Waals surface area contributed by atoms with E-state index in [2.05, 4.69) is 28.2 Å². The fourth-order valence-electron chi connectivity index (χ4n) is 1.30. The average molecular weight is 302 g/mol. The zero-order chi connectivity index (χ0) is 12.9. The van der Waals surface area contributed by atoms with Crippen LogP contribution < -0.4 is 10.1 Å². The molecule has 1 aromatic carbocycles. The van der Waals surface area contributed by atoms with Gasteiger partial charge in [0.05, 0.1) is 5.60 Å². The van der Waals surface area contributed by atoms with E-state index in [0.29, 0.717) is 0 Å². The van der Waals surface area contributed by atoms with Gasteiger partial charge < -0.3 is 15.2 Å². The van der Waals surface area contributed by atoms with Gasteiger partial charge in [-0.2, -0.15) is 0 Å². The van der Waals surface area contributed by atoms with Gasteiger partial charge in [0.1, 0.15) is 12.4 Å². The van der Waals surface area contributed by atoms with Crippen molar-refractivity contribution in [1.82, 2.24) is 5.32 Å². The summed E-state index contributed by atoms with van der Waals surface area (Å²) in [4.78, 5) is 0. The predicted octanol–water partition coefficient (Wildman–Crippen LogP) is 2.71. The molecule has 0 saturated heterocycles. The Kier molecular flexibility index (Phi) is 5.43. The first kappa shape index (κ1) is 14.5. The Morgan fingerprint density at radius 1 is 1.41 bits per heavy atom. The van der Waals surface area contributed by atoms with Crippen molar-refractivity contribution in [3.8, 4) is 5.75 Å². The third-order valence-electron chi connectivity index (χ3n) is 2.17. The fraction of sp³-hybridized carbons (Fsp3) is 0.538. The highest BCUT2D eigenvalue weighted by atomic mass is 79.9. The van der Waals surface area contributed by atoms with Crippen molar-refractivity contribution >= 4 is 15.9 Å². The monoisotopic (exact) mass is 301 g/mol. The summed E-state index contributed by atoms with van der Waals surface area (Å²) in [5.41, 5.74) is 0.342. The first-order valence-electron chi connectivity index (χ1n) is 5.76. The minimum Gasteiger partial charge on any atom is -0.491 e. The lowest BCUT2D eigenvalue weighted by molar-refractivity contribution is 0.0284. The summed E-state index contributed by atoms with van der Waals surface area (Å²) < 4.78 is 6.61. The Balaban J connectivity index is 2.67. The van der Waals surface area contributed by atoms with Crippen LogP contribution in [-0.2, 0) is 6.54 Å². The lowest BCUT2D eigenvalue weighted by Gasteiger charge is -2.18. The molecule has 1 aromatic rings. The van der Waals surface area contributed by atoms with Crippen LogP contribution in [0.5, 0.6) is 5.75 Å². The Morgan fingerprint density at radius 2 is 2.12 bits per heavy atom. The van der Waals surface area contributed by atoms with Crippen LogP contribution in [0.4, 0.5) is 0 Å². The molecular weight excluding hydrogens is 282 g/mol. The van der Waals surface area contributed by atoms with Gasteiger partial charge in [0.2, 0.25) is 0 Å². The van der Waals surface area contributed by atoms with Gasteiger partial charge in [-0.15, -0.1) is 0 Å². The van der Waals surface area contributed by atoms with Crippen molar-refractivity contribution in [3.05, 3.63) is 28.2 Å². The molecular formula is C13H20BrNO2. The van der Waals surface area contributed by atoms with Crippen molar-refractivity contribution in [2.45, 2.75) is 32.9 Å². The summed E-state index contributed by atoms with van der Waals surface area (Å²) in [7, 11) is 0. The molecule has 0 aliphatic rings. The zero-order valence-corrected chi connectivity index (χ0v) is 12.2. The highest BCUT2D eigenvalue weighted by Gasteiger charge is 2.13. The summed E-state index contributed by atoms with van der Waals surface area (Å²) in [5.74, 6) is 0.781. The van der Waals surface area contributed by atoms with E-state index in [1.54, 1.807) is 13.8 Å². The smallest absolute Gasteiger partial charge is 0.119 e. The molecule has 0 heterocycles. The third kappa shape index (κ3) is 5.52. The van der Waals surface area contributed by atoms with E-state index in [1.807, 2.05) is 18.2 Å². The van der Waals surface area contributed by atoms with E-state index in [1.165, 1.54) is 0 Å². The van der Waals surface area contributed by atoms with Crippen molar-refractivity contribution in [2.75, 3.05) is 13.2 Å². The van der Waals surface area contributed by atoms with Crippen molar-refractivity contribution < 1.29 is 9.84 Å².